The number of anilines is 1. The normalized spacial score (nSPS) is 14.0. The minimum Gasteiger partial charge on any atom is -0.497 e. The molecule has 1 aliphatic heterocycles. The van der Waals surface area contributed by atoms with Gasteiger partial charge in [0.1, 0.15) is 17.2 Å². The van der Waals surface area contributed by atoms with Crippen LogP contribution in [-0.4, -0.2) is 61.0 Å². The number of aryl methyl sites for hydroxylation is 1. The van der Waals surface area contributed by atoms with Gasteiger partial charge < -0.3 is 19.3 Å². The van der Waals surface area contributed by atoms with E-state index in [0.29, 0.717) is 18.8 Å². The van der Waals surface area contributed by atoms with E-state index in [0.717, 1.165) is 41.7 Å². The summed E-state index contributed by atoms with van der Waals surface area (Å²) in [4.78, 5) is 17.5. The molecule has 0 N–H and O–H groups in total. The monoisotopic (exact) mass is 406 g/mol. The molecular weight excluding hydrogens is 380 g/mol. The summed E-state index contributed by atoms with van der Waals surface area (Å²) in [5.74, 6) is 1.55. The largest absolute Gasteiger partial charge is 0.497 e. The molecule has 7 heteroatoms. The fourth-order valence-corrected chi connectivity index (χ4v) is 3.73. The van der Waals surface area contributed by atoms with E-state index in [4.69, 9.17) is 9.47 Å². The lowest BCUT2D eigenvalue weighted by Gasteiger charge is -2.36. The van der Waals surface area contributed by atoms with Crippen LogP contribution in [0.2, 0.25) is 0 Å². The van der Waals surface area contributed by atoms with E-state index in [1.54, 1.807) is 18.9 Å². The molecule has 2 aromatic carbocycles. The van der Waals surface area contributed by atoms with E-state index < -0.39 is 0 Å². The Morgan fingerprint density at radius 3 is 2.10 bits per heavy atom. The van der Waals surface area contributed by atoms with Crippen LogP contribution in [-0.2, 0) is 0 Å². The van der Waals surface area contributed by atoms with Gasteiger partial charge in [-0.1, -0.05) is 12.1 Å². The van der Waals surface area contributed by atoms with Gasteiger partial charge in [0.25, 0.3) is 5.91 Å². The number of benzene rings is 2. The van der Waals surface area contributed by atoms with E-state index in [1.807, 2.05) is 60.4 Å². The molecule has 0 radical (unpaired) electrons. The molecule has 0 bridgehead atoms. The van der Waals surface area contributed by atoms with E-state index in [9.17, 15) is 4.79 Å². The number of hydrogen-bond donors (Lipinski definition) is 0. The number of ether oxygens (including phenoxy) is 2. The molecule has 0 aliphatic carbocycles. The highest BCUT2D eigenvalue weighted by atomic mass is 16.5. The average molecular weight is 406 g/mol. The molecule has 1 saturated heterocycles. The smallest absolute Gasteiger partial charge is 0.272 e. The predicted molar refractivity (Wildman–Crippen MR) is 116 cm³/mol. The number of carbonyl (C=O) groups excluding carboxylic acids is 1. The molecule has 156 valence electrons. The van der Waals surface area contributed by atoms with Crippen molar-refractivity contribution >= 4 is 11.6 Å². The summed E-state index contributed by atoms with van der Waals surface area (Å²) in [5, 5.41) is 4.54. The van der Waals surface area contributed by atoms with Crippen LogP contribution in [0.3, 0.4) is 0 Å². The standard InChI is InChI=1S/C23H26N4O3/c1-17-14-22(27(24-17)19-7-5-9-21(16-19)30-3)23(28)26-12-10-25(11-13-26)18-6-4-8-20(15-18)29-2/h4-9,14-16H,10-13H2,1-3H3. The summed E-state index contributed by atoms with van der Waals surface area (Å²) < 4.78 is 12.3. The molecule has 2 heterocycles. The van der Waals surface area contributed by atoms with Gasteiger partial charge in [0.15, 0.2) is 0 Å². The Morgan fingerprint density at radius 2 is 1.47 bits per heavy atom. The zero-order chi connectivity index (χ0) is 21.1. The first-order chi connectivity index (χ1) is 14.6. The number of piperazine rings is 1. The quantitative estimate of drug-likeness (QED) is 0.651. The highest BCUT2D eigenvalue weighted by Gasteiger charge is 2.26. The third-order valence-corrected chi connectivity index (χ3v) is 5.33. The lowest BCUT2D eigenvalue weighted by Crippen LogP contribution is -2.49. The van der Waals surface area contributed by atoms with E-state index >= 15 is 0 Å². The molecule has 1 amide bonds. The van der Waals surface area contributed by atoms with Crippen molar-refractivity contribution in [1.29, 1.82) is 0 Å². The van der Waals surface area contributed by atoms with Gasteiger partial charge >= 0.3 is 0 Å². The molecule has 0 atom stereocenters. The number of rotatable bonds is 5. The molecule has 1 aromatic heterocycles. The molecule has 4 rings (SSSR count). The number of carbonyl (C=O) groups is 1. The van der Waals surface area contributed by atoms with Gasteiger partial charge in [0, 0.05) is 44.0 Å². The number of amides is 1. The highest BCUT2D eigenvalue weighted by molar-refractivity contribution is 5.93. The van der Waals surface area contributed by atoms with Crippen molar-refractivity contribution in [3.63, 3.8) is 0 Å². The molecule has 1 fully saturated rings. The van der Waals surface area contributed by atoms with Crippen LogP contribution in [0, 0.1) is 6.92 Å². The molecule has 30 heavy (non-hydrogen) atoms. The van der Waals surface area contributed by atoms with Crippen LogP contribution in [0.1, 0.15) is 16.2 Å². The first-order valence-electron chi connectivity index (χ1n) is 9.98. The summed E-state index contributed by atoms with van der Waals surface area (Å²) in [6.45, 7) is 4.74. The first-order valence-corrected chi connectivity index (χ1v) is 9.98. The van der Waals surface area contributed by atoms with Gasteiger partial charge in [0.2, 0.25) is 0 Å². The predicted octanol–water partition coefficient (Wildman–Crippen LogP) is 3.16. The zero-order valence-electron chi connectivity index (χ0n) is 17.5. The summed E-state index contributed by atoms with van der Waals surface area (Å²) in [6, 6.07) is 17.4. The molecule has 3 aromatic rings. The van der Waals surface area contributed by atoms with Crippen molar-refractivity contribution in [2.24, 2.45) is 0 Å². The number of aromatic nitrogens is 2. The Bertz CT molecular complexity index is 1040. The lowest BCUT2D eigenvalue weighted by atomic mass is 10.2. The van der Waals surface area contributed by atoms with Gasteiger partial charge in [-0.15, -0.1) is 0 Å². The summed E-state index contributed by atoms with van der Waals surface area (Å²) in [6.07, 6.45) is 0. The minimum atomic E-state index is -0.0105. The first kappa shape index (κ1) is 19.8. The second kappa shape index (κ2) is 8.49. The maximum atomic E-state index is 13.3. The molecule has 0 saturated carbocycles. The Morgan fingerprint density at radius 1 is 0.867 bits per heavy atom. The Kier molecular flexibility index (Phi) is 5.61. The molecule has 0 unspecified atom stereocenters. The second-order valence-electron chi connectivity index (χ2n) is 7.26. The fraction of sp³-hybridized carbons (Fsp3) is 0.304. The molecule has 1 aliphatic rings. The van der Waals surface area contributed by atoms with Gasteiger partial charge in [-0.2, -0.15) is 5.10 Å². The fourth-order valence-electron chi connectivity index (χ4n) is 3.73. The highest BCUT2D eigenvalue weighted by Crippen LogP contribution is 2.23. The molecular formula is C23H26N4O3. The SMILES string of the molecule is COc1cccc(N2CCN(C(=O)c3cc(C)nn3-c3cccc(OC)c3)CC2)c1. The maximum absolute atomic E-state index is 13.3. The van der Waals surface area contributed by atoms with Crippen LogP contribution >= 0.6 is 0 Å². The zero-order valence-corrected chi connectivity index (χ0v) is 17.5. The van der Waals surface area contributed by atoms with Crippen LogP contribution in [0.4, 0.5) is 5.69 Å². The Balaban J connectivity index is 1.51. The van der Waals surface area contributed by atoms with E-state index in [2.05, 4.69) is 16.1 Å². The van der Waals surface area contributed by atoms with Crippen LogP contribution in [0.15, 0.2) is 54.6 Å². The van der Waals surface area contributed by atoms with Crippen LogP contribution < -0.4 is 14.4 Å². The summed E-state index contributed by atoms with van der Waals surface area (Å²) in [5.41, 5.74) is 3.28. The van der Waals surface area contributed by atoms with E-state index in [-0.39, 0.29) is 5.91 Å². The number of methoxy groups -OCH3 is 2. The molecule has 0 spiro atoms. The van der Waals surface area contributed by atoms with Gasteiger partial charge in [-0.3, -0.25) is 4.79 Å². The van der Waals surface area contributed by atoms with Gasteiger partial charge in [0.05, 0.1) is 25.6 Å². The third kappa shape index (κ3) is 3.96. The van der Waals surface area contributed by atoms with Crippen molar-refractivity contribution in [1.82, 2.24) is 14.7 Å². The Labute approximate surface area is 176 Å². The number of hydrogen-bond acceptors (Lipinski definition) is 5. The summed E-state index contributed by atoms with van der Waals surface area (Å²) in [7, 11) is 3.30. The van der Waals surface area contributed by atoms with Crippen molar-refractivity contribution in [3.8, 4) is 17.2 Å². The molecule has 7 nitrogen and oxygen atoms in total. The van der Waals surface area contributed by atoms with Gasteiger partial charge in [-0.25, -0.2) is 4.68 Å². The van der Waals surface area contributed by atoms with Crippen LogP contribution in [0.25, 0.3) is 5.69 Å². The third-order valence-electron chi connectivity index (χ3n) is 5.33. The topological polar surface area (TPSA) is 59.8 Å². The Hall–Kier alpha value is -3.48. The van der Waals surface area contributed by atoms with Crippen molar-refractivity contribution in [3.05, 3.63) is 66.0 Å². The minimum absolute atomic E-state index is 0.0105. The summed E-state index contributed by atoms with van der Waals surface area (Å²) >= 11 is 0. The van der Waals surface area contributed by atoms with Crippen molar-refractivity contribution in [2.75, 3.05) is 45.3 Å². The lowest BCUT2D eigenvalue weighted by molar-refractivity contribution is 0.0737. The van der Waals surface area contributed by atoms with Crippen molar-refractivity contribution < 1.29 is 14.3 Å². The van der Waals surface area contributed by atoms with Crippen LogP contribution in [0.5, 0.6) is 11.5 Å². The van der Waals surface area contributed by atoms with Gasteiger partial charge in [-0.05, 0) is 37.3 Å². The maximum Gasteiger partial charge on any atom is 0.272 e. The number of nitrogens with zero attached hydrogens (tertiary/aromatic N) is 4. The second-order valence-corrected chi connectivity index (χ2v) is 7.26. The van der Waals surface area contributed by atoms with E-state index in [1.165, 1.54) is 0 Å². The average Bonchev–Trinajstić information content (AvgIpc) is 3.20. The van der Waals surface area contributed by atoms with Crippen molar-refractivity contribution in [2.45, 2.75) is 6.92 Å².